The number of hydrogen-bond acceptors (Lipinski definition) is 6. The third kappa shape index (κ3) is 7.08. The van der Waals surface area contributed by atoms with Gasteiger partial charge < -0.3 is 14.6 Å². The Hall–Kier alpha value is -2.73. The highest BCUT2D eigenvalue weighted by Gasteiger charge is 2.32. The van der Waals surface area contributed by atoms with E-state index in [2.05, 4.69) is 27.6 Å². The van der Waals surface area contributed by atoms with Gasteiger partial charge in [0.1, 0.15) is 6.61 Å². The van der Waals surface area contributed by atoms with Crippen LogP contribution in [0.25, 0.3) is 6.08 Å². The van der Waals surface area contributed by atoms with Crippen molar-refractivity contribution in [3.05, 3.63) is 89.8 Å². The summed E-state index contributed by atoms with van der Waals surface area (Å²) in [6.07, 6.45) is 1.80. The highest BCUT2D eigenvalue weighted by molar-refractivity contribution is 14.1. The Morgan fingerprint density at radius 3 is 2.49 bits per heavy atom. The molecule has 0 aliphatic carbocycles. The van der Waals surface area contributed by atoms with E-state index in [-0.39, 0.29) is 18.1 Å². The summed E-state index contributed by atoms with van der Waals surface area (Å²) in [5.41, 5.74) is 2.30. The minimum Gasteiger partial charge on any atom is -0.490 e. The van der Waals surface area contributed by atoms with Gasteiger partial charge in [-0.15, -0.1) is 0 Å². The molecule has 3 aromatic rings. The van der Waals surface area contributed by atoms with Crippen molar-refractivity contribution in [2.45, 2.75) is 20.5 Å². The Balaban J connectivity index is 1.60. The average Bonchev–Trinajstić information content (AvgIpc) is 3.18. The van der Waals surface area contributed by atoms with E-state index in [9.17, 15) is 9.59 Å². The maximum Gasteiger partial charge on any atom is 0.335 e. The lowest BCUT2D eigenvalue weighted by Crippen LogP contribution is -2.28. The number of carbonyl (C=O) groups excluding carboxylic acids is 1. The highest BCUT2D eigenvalue weighted by atomic mass is 127. The second kappa shape index (κ2) is 13.1. The van der Waals surface area contributed by atoms with E-state index in [1.54, 1.807) is 35.2 Å². The predicted octanol–water partition coefficient (Wildman–Crippen LogP) is 7.90. The Bertz CT molecular complexity index is 1480. The van der Waals surface area contributed by atoms with Crippen molar-refractivity contribution in [3.8, 4) is 11.5 Å². The number of carboxylic acids is 1. The molecule has 0 radical (unpaired) electrons. The first-order valence-corrected chi connectivity index (χ1v) is 14.5. The smallest absolute Gasteiger partial charge is 0.335 e. The molecule has 0 unspecified atom stereocenters. The molecule has 39 heavy (non-hydrogen) atoms. The van der Waals surface area contributed by atoms with Crippen molar-refractivity contribution < 1.29 is 24.2 Å². The molecule has 202 valence electrons. The molecule has 1 amide bonds. The molecule has 0 bridgehead atoms. The lowest BCUT2D eigenvalue weighted by Gasteiger charge is -2.15. The molecule has 4 rings (SSSR count). The molecule has 11 heteroatoms. The summed E-state index contributed by atoms with van der Waals surface area (Å²) >= 11 is 15.7. The number of aromatic carboxylic acids is 1. The zero-order chi connectivity index (χ0) is 28.1. The van der Waals surface area contributed by atoms with Crippen molar-refractivity contribution in [2.75, 3.05) is 13.2 Å². The fourth-order valence-corrected chi connectivity index (χ4v) is 5.98. The van der Waals surface area contributed by atoms with Crippen LogP contribution >= 0.6 is 57.6 Å². The molecular formula is C28H23Cl2IN2O5S. The first-order chi connectivity index (χ1) is 18.7. The summed E-state index contributed by atoms with van der Waals surface area (Å²) in [5.74, 6) is -0.0323. The van der Waals surface area contributed by atoms with Gasteiger partial charge in [-0.2, -0.15) is 0 Å². The first-order valence-electron chi connectivity index (χ1n) is 11.9. The number of carbonyl (C=O) groups is 2. The van der Waals surface area contributed by atoms with Gasteiger partial charge >= 0.3 is 5.97 Å². The van der Waals surface area contributed by atoms with Gasteiger partial charge in [0.2, 0.25) is 0 Å². The van der Waals surface area contributed by atoms with Crippen LogP contribution in [0, 0.1) is 3.57 Å². The van der Waals surface area contributed by atoms with Gasteiger partial charge in [0.15, 0.2) is 16.7 Å². The third-order valence-corrected chi connectivity index (χ3v) is 7.95. The lowest BCUT2D eigenvalue weighted by molar-refractivity contribution is -0.122. The van der Waals surface area contributed by atoms with Crippen molar-refractivity contribution in [2.24, 2.45) is 4.99 Å². The second-order valence-electron chi connectivity index (χ2n) is 8.19. The van der Waals surface area contributed by atoms with Gasteiger partial charge in [0.05, 0.1) is 26.3 Å². The molecule has 1 aliphatic rings. The van der Waals surface area contributed by atoms with Gasteiger partial charge in [-0.05, 0) is 108 Å². The van der Waals surface area contributed by atoms with Crippen LogP contribution in [-0.2, 0) is 11.4 Å². The van der Waals surface area contributed by atoms with E-state index in [0.29, 0.717) is 50.5 Å². The van der Waals surface area contributed by atoms with Crippen LogP contribution in [0.15, 0.2) is 64.5 Å². The van der Waals surface area contributed by atoms with Crippen molar-refractivity contribution in [1.29, 1.82) is 0 Å². The SMILES string of the molecule is CCOc1cc(C=C2SC(=Nc3ccc(C(=O)O)cc3)N(CC)C2=O)cc(I)c1OCc1ccc(Cl)cc1Cl. The maximum absolute atomic E-state index is 13.2. The number of nitrogens with zero attached hydrogens (tertiary/aromatic N) is 2. The summed E-state index contributed by atoms with van der Waals surface area (Å²) in [5, 5.41) is 10.7. The van der Waals surface area contributed by atoms with Crippen LogP contribution in [0.5, 0.6) is 11.5 Å². The normalized spacial score (nSPS) is 15.3. The fourth-order valence-electron chi connectivity index (χ4n) is 3.67. The number of hydrogen-bond donors (Lipinski definition) is 1. The average molecular weight is 697 g/mol. The second-order valence-corrected chi connectivity index (χ2v) is 11.2. The first kappa shape index (κ1) is 29.3. The summed E-state index contributed by atoms with van der Waals surface area (Å²) in [6, 6.07) is 15.2. The molecular weight excluding hydrogens is 674 g/mol. The predicted molar refractivity (Wildman–Crippen MR) is 165 cm³/mol. The van der Waals surface area contributed by atoms with E-state index in [0.717, 1.165) is 14.7 Å². The zero-order valence-corrected chi connectivity index (χ0v) is 25.4. The van der Waals surface area contributed by atoms with E-state index >= 15 is 0 Å². The Morgan fingerprint density at radius 2 is 1.85 bits per heavy atom. The summed E-state index contributed by atoms with van der Waals surface area (Å²) in [7, 11) is 0. The summed E-state index contributed by atoms with van der Waals surface area (Å²) < 4.78 is 12.8. The molecule has 1 N–H and O–H groups in total. The van der Waals surface area contributed by atoms with Gasteiger partial charge in [-0.25, -0.2) is 9.79 Å². The number of aliphatic imine (C=N–C) groups is 1. The molecule has 3 aromatic carbocycles. The number of thioether (sulfide) groups is 1. The van der Waals surface area contributed by atoms with Crippen molar-refractivity contribution in [1.82, 2.24) is 4.90 Å². The number of halogens is 3. The maximum atomic E-state index is 13.2. The summed E-state index contributed by atoms with van der Waals surface area (Å²) in [4.78, 5) is 31.0. The number of likely N-dealkylation sites (N-methyl/N-ethyl adjacent to an activating group) is 1. The molecule has 1 aliphatic heterocycles. The van der Waals surface area contributed by atoms with Crippen molar-refractivity contribution >= 4 is 86.4 Å². The van der Waals surface area contributed by atoms with Gasteiger partial charge in [-0.3, -0.25) is 9.69 Å². The van der Waals surface area contributed by atoms with E-state index < -0.39 is 5.97 Å². The van der Waals surface area contributed by atoms with E-state index in [1.807, 2.05) is 32.0 Å². The Labute approximate surface area is 253 Å². The summed E-state index contributed by atoms with van der Waals surface area (Å²) in [6.45, 7) is 4.87. The Kier molecular flexibility index (Phi) is 9.81. The highest BCUT2D eigenvalue weighted by Crippen LogP contribution is 2.39. The monoisotopic (exact) mass is 696 g/mol. The molecule has 1 fully saturated rings. The standard InChI is InChI=1S/C28H23Cl2IN2O5S/c1-3-33-26(34)24(39-28(33)32-20-9-6-17(7-10-20)27(35)36)13-16-11-22(31)25(23(12-16)37-4-2)38-15-18-5-8-19(29)14-21(18)30/h5-14H,3-4,15H2,1-2H3,(H,35,36). The number of rotatable bonds is 9. The topological polar surface area (TPSA) is 88.4 Å². The fraction of sp³-hybridized carbons (Fsp3) is 0.179. The van der Waals surface area contributed by atoms with Gasteiger partial charge in [0.25, 0.3) is 5.91 Å². The van der Waals surface area contributed by atoms with Crippen LogP contribution in [0.3, 0.4) is 0 Å². The molecule has 7 nitrogen and oxygen atoms in total. The van der Waals surface area contributed by atoms with Gasteiger partial charge in [0, 0.05) is 22.2 Å². The molecule has 1 heterocycles. The van der Waals surface area contributed by atoms with Gasteiger partial charge in [-0.1, -0.05) is 29.3 Å². The molecule has 1 saturated heterocycles. The van der Waals surface area contributed by atoms with E-state index in [1.165, 1.54) is 23.9 Å². The molecule has 0 saturated carbocycles. The largest absolute Gasteiger partial charge is 0.490 e. The number of ether oxygens (including phenoxy) is 2. The molecule has 0 spiro atoms. The number of amidine groups is 1. The quantitative estimate of drug-likeness (QED) is 0.181. The molecule has 0 atom stereocenters. The lowest BCUT2D eigenvalue weighted by atomic mass is 10.1. The number of amides is 1. The number of carboxylic acid groups (broad SMARTS) is 1. The van der Waals surface area contributed by atoms with Crippen LogP contribution in [0.2, 0.25) is 10.0 Å². The van der Waals surface area contributed by atoms with Crippen molar-refractivity contribution in [3.63, 3.8) is 0 Å². The minimum atomic E-state index is -1.01. The Morgan fingerprint density at radius 1 is 1.10 bits per heavy atom. The van der Waals surface area contributed by atoms with Crippen LogP contribution < -0.4 is 9.47 Å². The molecule has 0 aromatic heterocycles. The van der Waals surface area contributed by atoms with Crippen LogP contribution in [0.4, 0.5) is 5.69 Å². The van der Waals surface area contributed by atoms with Crippen LogP contribution in [-0.4, -0.2) is 40.2 Å². The minimum absolute atomic E-state index is 0.158. The zero-order valence-electron chi connectivity index (χ0n) is 20.9. The van der Waals surface area contributed by atoms with Crippen LogP contribution in [0.1, 0.15) is 35.3 Å². The number of benzene rings is 3. The third-order valence-electron chi connectivity index (χ3n) is 5.56. The van der Waals surface area contributed by atoms with E-state index in [4.69, 9.17) is 37.8 Å².